The van der Waals surface area contributed by atoms with Gasteiger partial charge in [0.25, 0.3) is 0 Å². The van der Waals surface area contributed by atoms with E-state index in [0.29, 0.717) is 0 Å². The molecule has 2 rings (SSSR count). The van der Waals surface area contributed by atoms with E-state index < -0.39 is 4.92 Å². The normalized spacial score (nSPS) is 10.2. The maximum atomic E-state index is 11.0. The van der Waals surface area contributed by atoms with Crippen molar-refractivity contribution >= 4 is 21.6 Å². The molecule has 0 bridgehead atoms. The molecule has 0 aliphatic rings. The molecular weight excluding hydrogens is 338 g/mol. The van der Waals surface area contributed by atoms with Crippen molar-refractivity contribution in [3.8, 4) is 11.5 Å². The van der Waals surface area contributed by atoms with Gasteiger partial charge in [0.15, 0.2) is 5.75 Å². The summed E-state index contributed by atoms with van der Waals surface area (Å²) in [5, 5.41) is 11.0. The van der Waals surface area contributed by atoms with Crippen molar-refractivity contribution in [3.05, 3.63) is 62.1 Å². The van der Waals surface area contributed by atoms with Crippen molar-refractivity contribution in [2.24, 2.45) is 0 Å². The number of methoxy groups -OCH3 is 1. The smallest absolute Gasteiger partial charge is 0.310 e. The standard InChI is InChI=1S/C15H14BrNO4/c1-10-3-5-13(17(18)19)15(7-10)21-9-11-4-6-14(20-2)12(16)8-11/h3-8H,9H2,1-2H3. The molecule has 2 aromatic rings. The van der Waals surface area contributed by atoms with E-state index in [1.54, 1.807) is 19.2 Å². The molecule has 21 heavy (non-hydrogen) atoms. The Balaban J connectivity index is 2.18. The first-order valence-corrected chi connectivity index (χ1v) is 7.01. The van der Waals surface area contributed by atoms with E-state index in [9.17, 15) is 10.1 Å². The molecule has 0 heterocycles. The number of halogens is 1. The third-order valence-electron chi connectivity index (χ3n) is 2.92. The van der Waals surface area contributed by atoms with E-state index in [-0.39, 0.29) is 18.0 Å². The second-order valence-electron chi connectivity index (χ2n) is 4.49. The lowest BCUT2D eigenvalue weighted by Gasteiger charge is -2.09. The monoisotopic (exact) mass is 351 g/mol. The summed E-state index contributed by atoms with van der Waals surface area (Å²) in [6.45, 7) is 2.10. The zero-order valence-electron chi connectivity index (χ0n) is 11.6. The maximum absolute atomic E-state index is 11.0. The van der Waals surface area contributed by atoms with Gasteiger partial charge in [-0.1, -0.05) is 12.1 Å². The number of nitrogens with zero attached hydrogens (tertiary/aromatic N) is 1. The van der Waals surface area contributed by atoms with Crippen LogP contribution in [0.4, 0.5) is 5.69 Å². The Morgan fingerprint density at radius 2 is 1.95 bits per heavy atom. The highest BCUT2D eigenvalue weighted by Gasteiger charge is 2.15. The molecule has 0 atom stereocenters. The third kappa shape index (κ3) is 3.72. The molecular formula is C15H14BrNO4. The summed E-state index contributed by atoms with van der Waals surface area (Å²) in [4.78, 5) is 10.5. The molecule has 0 fully saturated rings. The fraction of sp³-hybridized carbons (Fsp3) is 0.200. The van der Waals surface area contributed by atoms with E-state index in [2.05, 4.69) is 15.9 Å². The fourth-order valence-corrected chi connectivity index (χ4v) is 2.44. The number of nitro benzene ring substituents is 1. The van der Waals surface area contributed by atoms with Crippen LogP contribution < -0.4 is 9.47 Å². The van der Waals surface area contributed by atoms with Gasteiger partial charge in [-0.2, -0.15) is 0 Å². The predicted octanol–water partition coefficient (Wildman–Crippen LogP) is 4.25. The molecule has 0 aliphatic carbocycles. The molecule has 2 aromatic carbocycles. The Kier molecular flexibility index (Phi) is 4.80. The molecule has 0 aliphatic heterocycles. The van der Waals surface area contributed by atoms with Crippen LogP contribution in [0.3, 0.4) is 0 Å². The first-order valence-electron chi connectivity index (χ1n) is 6.21. The van der Waals surface area contributed by atoms with Crippen LogP contribution >= 0.6 is 15.9 Å². The molecule has 110 valence electrons. The Bertz CT molecular complexity index is 673. The van der Waals surface area contributed by atoms with E-state index in [4.69, 9.17) is 9.47 Å². The van der Waals surface area contributed by atoms with Crippen molar-refractivity contribution in [2.75, 3.05) is 7.11 Å². The van der Waals surface area contributed by atoms with E-state index in [1.165, 1.54) is 6.07 Å². The van der Waals surface area contributed by atoms with Gasteiger partial charge in [0.1, 0.15) is 12.4 Å². The van der Waals surface area contributed by atoms with E-state index >= 15 is 0 Å². The summed E-state index contributed by atoms with van der Waals surface area (Å²) in [6.07, 6.45) is 0. The quantitative estimate of drug-likeness (QED) is 0.596. The number of benzene rings is 2. The summed E-state index contributed by atoms with van der Waals surface area (Å²) in [5.74, 6) is 0.993. The molecule has 0 saturated heterocycles. The van der Waals surface area contributed by atoms with Gasteiger partial charge in [-0.25, -0.2) is 0 Å². The number of hydrogen-bond acceptors (Lipinski definition) is 4. The highest BCUT2D eigenvalue weighted by Crippen LogP contribution is 2.30. The van der Waals surface area contributed by atoms with Gasteiger partial charge in [-0.05, 0) is 52.2 Å². The number of ether oxygens (including phenoxy) is 2. The van der Waals surface area contributed by atoms with Gasteiger partial charge in [-0.3, -0.25) is 10.1 Å². The largest absolute Gasteiger partial charge is 0.496 e. The molecule has 6 heteroatoms. The van der Waals surface area contributed by atoms with Crippen LogP contribution in [0.2, 0.25) is 0 Å². The Labute approximate surface area is 130 Å². The van der Waals surface area contributed by atoms with Crippen molar-refractivity contribution in [1.29, 1.82) is 0 Å². The summed E-state index contributed by atoms with van der Waals surface area (Å²) >= 11 is 3.39. The highest BCUT2D eigenvalue weighted by molar-refractivity contribution is 9.10. The van der Waals surface area contributed by atoms with Crippen molar-refractivity contribution < 1.29 is 14.4 Å². The van der Waals surface area contributed by atoms with Gasteiger partial charge in [0.2, 0.25) is 0 Å². The molecule has 0 radical (unpaired) electrons. The molecule has 0 spiro atoms. The van der Waals surface area contributed by atoms with Crippen LogP contribution in [0.1, 0.15) is 11.1 Å². The van der Waals surface area contributed by atoms with Crippen molar-refractivity contribution in [2.45, 2.75) is 13.5 Å². The number of rotatable bonds is 5. The fourth-order valence-electron chi connectivity index (χ4n) is 1.85. The highest BCUT2D eigenvalue weighted by atomic mass is 79.9. The SMILES string of the molecule is COc1ccc(COc2cc(C)ccc2[N+](=O)[O-])cc1Br. The lowest BCUT2D eigenvalue weighted by molar-refractivity contribution is -0.386. The van der Waals surface area contributed by atoms with E-state index in [0.717, 1.165) is 21.3 Å². The minimum absolute atomic E-state index is 0.0341. The lowest BCUT2D eigenvalue weighted by atomic mass is 10.2. The topological polar surface area (TPSA) is 61.6 Å². The molecule has 0 saturated carbocycles. The van der Waals surface area contributed by atoms with Gasteiger partial charge >= 0.3 is 5.69 Å². The molecule has 5 nitrogen and oxygen atoms in total. The zero-order chi connectivity index (χ0) is 15.4. The molecule has 0 N–H and O–H groups in total. The van der Waals surface area contributed by atoms with Crippen LogP contribution in [-0.4, -0.2) is 12.0 Å². The molecule has 0 aromatic heterocycles. The average Bonchev–Trinajstić information content (AvgIpc) is 2.45. The summed E-state index contributed by atoms with van der Waals surface area (Å²) in [5.41, 5.74) is 1.76. The second-order valence-corrected chi connectivity index (χ2v) is 5.34. The first-order chi connectivity index (χ1) is 10.0. The number of aryl methyl sites for hydroxylation is 1. The van der Waals surface area contributed by atoms with Crippen LogP contribution in [0.15, 0.2) is 40.9 Å². The maximum Gasteiger partial charge on any atom is 0.310 e. The predicted molar refractivity (Wildman–Crippen MR) is 82.9 cm³/mol. The average molecular weight is 352 g/mol. The summed E-state index contributed by atoms with van der Waals surface area (Å²) < 4.78 is 11.6. The second kappa shape index (κ2) is 6.58. The summed E-state index contributed by atoms with van der Waals surface area (Å²) in [7, 11) is 1.59. The Morgan fingerprint density at radius 3 is 2.57 bits per heavy atom. The van der Waals surface area contributed by atoms with Crippen LogP contribution in [0.5, 0.6) is 11.5 Å². The van der Waals surface area contributed by atoms with Gasteiger partial charge < -0.3 is 9.47 Å². The lowest BCUT2D eigenvalue weighted by Crippen LogP contribution is -2.00. The third-order valence-corrected chi connectivity index (χ3v) is 3.54. The van der Waals surface area contributed by atoms with Crippen LogP contribution in [0.25, 0.3) is 0 Å². The minimum atomic E-state index is -0.446. The Hall–Kier alpha value is -2.08. The van der Waals surface area contributed by atoms with Gasteiger partial charge in [0.05, 0.1) is 16.5 Å². The van der Waals surface area contributed by atoms with Gasteiger partial charge in [0, 0.05) is 6.07 Å². The van der Waals surface area contributed by atoms with Crippen LogP contribution in [-0.2, 0) is 6.61 Å². The zero-order valence-corrected chi connectivity index (χ0v) is 13.2. The number of nitro groups is 1. The first kappa shape index (κ1) is 15.3. The van der Waals surface area contributed by atoms with E-state index in [1.807, 2.05) is 25.1 Å². The molecule has 0 unspecified atom stereocenters. The van der Waals surface area contributed by atoms with Crippen molar-refractivity contribution in [1.82, 2.24) is 0 Å². The summed E-state index contributed by atoms with van der Waals surface area (Å²) in [6, 6.07) is 10.3. The van der Waals surface area contributed by atoms with Crippen LogP contribution in [0, 0.1) is 17.0 Å². The Morgan fingerprint density at radius 1 is 1.19 bits per heavy atom. The van der Waals surface area contributed by atoms with Gasteiger partial charge in [-0.15, -0.1) is 0 Å². The number of hydrogen-bond donors (Lipinski definition) is 0. The minimum Gasteiger partial charge on any atom is -0.496 e. The van der Waals surface area contributed by atoms with Crippen molar-refractivity contribution in [3.63, 3.8) is 0 Å². The molecule has 0 amide bonds.